The molecule has 0 saturated carbocycles. The lowest BCUT2D eigenvalue weighted by Gasteiger charge is -2.13. The third kappa shape index (κ3) is 3.53. The van der Waals surface area contributed by atoms with E-state index in [-0.39, 0.29) is 0 Å². The van der Waals surface area contributed by atoms with Crippen LogP contribution in [0.3, 0.4) is 0 Å². The average molecular weight is 370 g/mol. The second-order valence-corrected chi connectivity index (χ2v) is 7.49. The first-order valence-electron chi connectivity index (χ1n) is 9.76. The van der Waals surface area contributed by atoms with Gasteiger partial charge in [-0.3, -0.25) is 0 Å². The summed E-state index contributed by atoms with van der Waals surface area (Å²) in [7, 11) is 0. The van der Waals surface area contributed by atoms with Gasteiger partial charge in [0.05, 0.1) is 17.6 Å². The Bertz CT molecular complexity index is 1140. The van der Waals surface area contributed by atoms with Crippen molar-refractivity contribution in [3.8, 4) is 17.1 Å². The number of hydrogen-bond acceptors (Lipinski definition) is 2. The number of nitrogens with zero attached hydrogens (tertiary/aromatic N) is 2. The van der Waals surface area contributed by atoms with Gasteiger partial charge < -0.3 is 9.30 Å². The molecular formula is C25H26N2O. The van der Waals surface area contributed by atoms with Crippen LogP contribution < -0.4 is 4.74 Å². The quantitative estimate of drug-likeness (QED) is 0.430. The van der Waals surface area contributed by atoms with Gasteiger partial charge in [0.2, 0.25) is 0 Å². The van der Waals surface area contributed by atoms with Crippen molar-refractivity contribution in [2.45, 2.75) is 34.2 Å². The maximum atomic E-state index is 6.06. The van der Waals surface area contributed by atoms with E-state index in [0.29, 0.717) is 6.61 Å². The van der Waals surface area contributed by atoms with Gasteiger partial charge in [-0.2, -0.15) is 0 Å². The second kappa shape index (κ2) is 7.51. The summed E-state index contributed by atoms with van der Waals surface area (Å²) in [5.74, 6) is 1.92. The number of ether oxygens (including phenoxy) is 1. The zero-order chi connectivity index (χ0) is 19.7. The predicted octanol–water partition coefficient (Wildman–Crippen LogP) is 6.02. The molecule has 4 aromatic rings. The Hall–Kier alpha value is -3.07. The van der Waals surface area contributed by atoms with Crippen LogP contribution >= 0.6 is 0 Å². The van der Waals surface area contributed by atoms with E-state index >= 15 is 0 Å². The molecule has 28 heavy (non-hydrogen) atoms. The summed E-state index contributed by atoms with van der Waals surface area (Å²) < 4.78 is 8.33. The molecule has 0 fully saturated rings. The van der Waals surface area contributed by atoms with Crippen LogP contribution in [0.1, 0.15) is 22.3 Å². The lowest BCUT2D eigenvalue weighted by atomic mass is 10.1. The second-order valence-electron chi connectivity index (χ2n) is 7.49. The fourth-order valence-electron chi connectivity index (χ4n) is 3.63. The molecule has 0 N–H and O–H groups in total. The Kier molecular flexibility index (Phi) is 4.91. The number of aryl methyl sites for hydroxylation is 4. The van der Waals surface area contributed by atoms with Crippen LogP contribution in [0.4, 0.5) is 0 Å². The van der Waals surface area contributed by atoms with E-state index in [1.165, 1.54) is 27.8 Å². The molecule has 0 spiro atoms. The van der Waals surface area contributed by atoms with Crippen LogP contribution in [0.5, 0.6) is 5.75 Å². The summed E-state index contributed by atoms with van der Waals surface area (Å²) in [4.78, 5) is 4.93. The molecule has 0 unspecified atom stereocenters. The standard InChI is InChI=1S/C25H26N2O/c1-17-9-12-22(20(4)15-17)25-26-23-7-5-6-8-24(23)27(25)13-14-28-21-11-10-18(2)19(3)16-21/h5-12,15-16H,13-14H2,1-4H3. The molecule has 1 aromatic heterocycles. The molecule has 3 aromatic carbocycles. The molecule has 0 atom stereocenters. The summed E-state index contributed by atoms with van der Waals surface area (Å²) in [5, 5.41) is 0. The van der Waals surface area contributed by atoms with Crippen LogP contribution in [0.25, 0.3) is 22.4 Å². The zero-order valence-corrected chi connectivity index (χ0v) is 17.0. The number of para-hydroxylation sites is 2. The number of hydrogen-bond donors (Lipinski definition) is 0. The largest absolute Gasteiger partial charge is 0.492 e. The lowest BCUT2D eigenvalue weighted by Crippen LogP contribution is -2.10. The van der Waals surface area contributed by atoms with Crippen molar-refractivity contribution in [2.24, 2.45) is 0 Å². The molecule has 0 radical (unpaired) electrons. The first-order chi connectivity index (χ1) is 13.5. The van der Waals surface area contributed by atoms with Crippen LogP contribution in [-0.4, -0.2) is 16.2 Å². The van der Waals surface area contributed by atoms with Crippen molar-refractivity contribution in [1.82, 2.24) is 9.55 Å². The summed E-state index contributed by atoms with van der Waals surface area (Å²) in [5.41, 5.74) is 8.37. The summed E-state index contributed by atoms with van der Waals surface area (Å²) in [6, 6.07) is 21.1. The Morgan fingerprint density at radius 3 is 2.43 bits per heavy atom. The molecule has 0 bridgehead atoms. The smallest absolute Gasteiger partial charge is 0.141 e. The van der Waals surface area contributed by atoms with Crippen LogP contribution in [0.15, 0.2) is 60.7 Å². The fraction of sp³-hybridized carbons (Fsp3) is 0.240. The minimum Gasteiger partial charge on any atom is -0.492 e. The van der Waals surface area contributed by atoms with Gasteiger partial charge in [-0.1, -0.05) is 42.0 Å². The monoisotopic (exact) mass is 370 g/mol. The highest BCUT2D eigenvalue weighted by molar-refractivity contribution is 5.81. The topological polar surface area (TPSA) is 27.1 Å². The number of imidazole rings is 1. The highest BCUT2D eigenvalue weighted by Gasteiger charge is 2.14. The van der Waals surface area contributed by atoms with Crippen molar-refractivity contribution in [1.29, 1.82) is 0 Å². The molecule has 0 amide bonds. The van der Waals surface area contributed by atoms with Crippen LogP contribution in [0, 0.1) is 27.7 Å². The molecule has 0 aliphatic carbocycles. The number of rotatable bonds is 5. The van der Waals surface area contributed by atoms with Crippen LogP contribution in [-0.2, 0) is 6.54 Å². The molecule has 0 saturated heterocycles. The molecule has 3 nitrogen and oxygen atoms in total. The summed E-state index contributed by atoms with van der Waals surface area (Å²) in [6.07, 6.45) is 0. The third-order valence-corrected chi connectivity index (χ3v) is 5.34. The van der Waals surface area contributed by atoms with Gasteiger partial charge in [-0.05, 0) is 68.7 Å². The molecule has 0 aliphatic heterocycles. The number of aromatic nitrogens is 2. The van der Waals surface area contributed by atoms with Crippen molar-refractivity contribution in [3.05, 3.63) is 82.9 Å². The van der Waals surface area contributed by atoms with Crippen molar-refractivity contribution >= 4 is 11.0 Å². The predicted molar refractivity (Wildman–Crippen MR) is 116 cm³/mol. The Balaban J connectivity index is 1.66. The van der Waals surface area contributed by atoms with Crippen LogP contribution in [0.2, 0.25) is 0 Å². The average Bonchev–Trinajstić information content (AvgIpc) is 3.03. The normalized spacial score (nSPS) is 11.1. The van der Waals surface area contributed by atoms with E-state index in [1.807, 2.05) is 12.1 Å². The molecule has 1 heterocycles. The molecular weight excluding hydrogens is 344 g/mol. The lowest BCUT2D eigenvalue weighted by molar-refractivity contribution is 0.300. The molecule has 4 rings (SSSR count). The Morgan fingerprint density at radius 1 is 0.821 bits per heavy atom. The van der Waals surface area contributed by atoms with Gasteiger partial charge >= 0.3 is 0 Å². The van der Waals surface area contributed by atoms with E-state index in [2.05, 4.69) is 80.8 Å². The van der Waals surface area contributed by atoms with Gasteiger partial charge in [-0.15, -0.1) is 0 Å². The minimum atomic E-state index is 0.598. The summed E-state index contributed by atoms with van der Waals surface area (Å²) >= 11 is 0. The molecule has 3 heteroatoms. The first-order valence-corrected chi connectivity index (χ1v) is 9.76. The SMILES string of the molecule is Cc1ccc(-c2nc3ccccc3n2CCOc2ccc(C)c(C)c2)c(C)c1. The maximum absolute atomic E-state index is 6.06. The van der Waals surface area contributed by atoms with Crippen molar-refractivity contribution in [2.75, 3.05) is 6.61 Å². The van der Waals surface area contributed by atoms with Gasteiger partial charge in [0.25, 0.3) is 0 Å². The Morgan fingerprint density at radius 2 is 1.64 bits per heavy atom. The van der Waals surface area contributed by atoms with Crippen molar-refractivity contribution < 1.29 is 4.74 Å². The maximum Gasteiger partial charge on any atom is 0.141 e. The van der Waals surface area contributed by atoms with Crippen molar-refractivity contribution in [3.63, 3.8) is 0 Å². The van der Waals surface area contributed by atoms with E-state index in [9.17, 15) is 0 Å². The van der Waals surface area contributed by atoms with Gasteiger partial charge in [0.1, 0.15) is 18.2 Å². The van der Waals surface area contributed by atoms with E-state index in [4.69, 9.17) is 9.72 Å². The first kappa shape index (κ1) is 18.3. The Labute approximate surface area is 166 Å². The number of fused-ring (bicyclic) bond motifs is 1. The van der Waals surface area contributed by atoms with E-state index < -0.39 is 0 Å². The fourth-order valence-corrected chi connectivity index (χ4v) is 3.63. The third-order valence-electron chi connectivity index (χ3n) is 5.34. The zero-order valence-electron chi connectivity index (χ0n) is 17.0. The minimum absolute atomic E-state index is 0.598. The van der Waals surface area contributed by atoms with Gasteiger partial charge in [0, 0.05) is 5.56 Å². The summed E-state index contributed by atoms with van der Waals surface area (Å²) in [6.45, 7) is 9.85. The van der Waals surface area contributed by atoms with Gasteiger partial charge in [-0.25, -0.2) is 4.98 Å². The molecule has 0 aliphatic rings. The molecule has 142 valence electrons. The van der Waals surface area contributed by atoms with E-state index in [0.717, 1.165) is 29.2 Å². The number of benzene rings is 3. The highest BCUT2D eigenvalue weighted by Crippen LogP contribution is 2.28. The van der Waals surface area contributed by atoms with E-state index in [1.54, 1.807) is 0 Å². The van der Waals surface area contributed by atoms with Gasteiger partial charge in [0.15, 0.2) is 0 Å². The highest BCUT2D eigenvalue weighted by atomic mass is 16.5.